The molecule has 0 saturated carbocycles. The number of rotatable bonds is 7. The molecule has 0 spiro atoms. The van der Waals surface area contributed by atoms with E-state index in [9.17, 15) is 24.0 Å². The molecule has 1 fully saturated rings. The predicted octanol–water partition coefficient (Wildman–Crippen LogP) is 1.21. The molecule has 1 aliphatic rings. The summed E-state index contributed by atoms with van der Waals surface area (Å²) in [6, 6.07) is 3.11. The molecule has 2 aromatic heterocycles. The minimum Gasteiger partial charge on any atom is -0.463 e. The van der Waals surface area contributed by atoms with Gasteiger partial charge in [0, 0.05) is 32.7 Å². The third-order valence-electron chi connectivity index (χ3n) is 5.13. The van der Waals surface area contributed by atoms with Gasteiger partial charge in [-0.1, -0.05) is 0 Å². The van der Waals surface area contributed by atoms with Crippen molar-refractivity contribution in [1.82, 2.24) is 9.55 Å². The summed E-state index contributed by atoms with van der Waals surface area (Å²) in [5.41, 5.74) is -0.190. The maximum atomic E-state index is 13.0. The lowest BCUT2D eigenvalue weighted by Gasteiger charge is -2.25. The predicted molar refractivity (Wildman–Crippen MR) is 118 cm³/mol. The maximum Gasteiger partial charge on any atom is 0.343 e. The van der Waals surface area contributed by atoms with Crippen LogP contribution in [0.4, 0.5) is 0 Å². The number of carbonyl (C=O) groups is 4. The zero-order valence-electron chi connectivity index (χ0n) is 19.9. The van der Waals surface area contributed by atoms with Crippen LogP contribution in [0.1, 0.15) is 50.0 Å². The highest BCUT2D eigenvalue weighted by Crippen LogP contribution is 2.36. The van der Waals surface area contributed by atoms with Crippen LogP contribution in [0.2, 0.25) is 0 Å². The Bertz CT molecular complexity index is 1220. The molecule has 12 heteroatoms. The van der Waals surface area contributed by atoms with Crippen molar-refractivity contribution in [2.24, 2.45) is 0 Å². The van der Waals surface area contributed by atoms with Gasteiger partial charge < -0.3 is 28.3 Å². The second-order valence-electron chi connectivity index (χ2n) is 7.84. The molecule has 1 saturated heterocycles. The number of pyridine rings is 2. The SMILES string of the molecule is CCOC(=O)c1cn([C@@H]2O[C@H](COC(C)=O)[C@@H](OC(C)=O)[C@H]2OC(C)=O)c2nc(C)ccc2c1=O. The standard InChI is InChI=1S/C23H26N2O10/c1-6-31-23(30)16-9-25(21-15(18(16)29)8-7-11(2)24-21)22-20(34-14(5)28)19(33-13(4)27)17(35-22)10-32-12(3)26/h7-9,17,19-20,22H,6,10H2,1-5H3/t17-,19-,20-,22-/m1/s1. The minimum atomic E-state index is -1.22. The molecular weight excluding hydrogens is 464 g/mol. The molecule has 0 amide bonds. The smallest absolute Gasteiger partial charge is 0.343 e. The highest BCUT2D eigenvalue weighted by molar-refractivity contribution is 5.93. The monoisotopic (exact) mass is 490 g/mol. The lowest BCUT2D eigenvalue weighted by atomic mass is 10.1. The highest BCUT2D eigenvalue weighted by atomic mass is 16.7. The molecule has 4 atom stereocenters. The van der Waals surface area contributed by atoms with Gasteiger partial charge in [-0.3, -0.25) is 19.2 Å². The van der Waals surface area contributed by atoms with Gasteiger partial charge in [-0.25, -0.2) is 9.78 Å². The number of nitrogens with zero attached hydrogens (tertiary/aromatic N) is 2. The van der Waals surface area contributed by atoms with Gasteiger partial charge in [0.15, 0.2) is 18.4 Å². The van der Waals surface area contributed by atoms with Crippen LogP contribution in [0.15, 0.2) is 23.1 Å². The van der Waals surface area contributed by atoms with Gasteiger partial charge in [0.2, 0.25) is 5.43 Å². The molecule has 35 heavy (non-hydrogen) atoms. The molecule has 1 aliphatic heterocycles. The van der Waals surface area contributed by atoms with Gasteiger partial charge in [0.25, 0.3) is 0 Å². The topological polar surface area (TPSA) is 149 Å². The van der Waals surface area contributed by atoms with E-state index in [-0.39, 0.29) is 29.8 Å². The Balaban J connectivity index is 2.22. The molecule has 0 bridgehead atoms. The van der Waals surface area contributed by atoms with E-state index in [1.54, 1.807) is 19.9 Å². The highest BCUT2D eigenvalue weighted by Gasteiger charge is 2.51. The van der Waals surface area contributed by atoms with Crippen LogP contribution in [-0.2, 0) is 38.1 Å². The van der Waals surface area contributed by atoms with Gasteiger partial charge in [0.1, 0.15) is 23.9 Å². The van der Waals surface area contributed by atoms with Crippen molar-refractivity contribution in [3.8, 4) is 0 Å². The third kappa shape index (κ3) is 5.65. The molecule has 0 N–H and O–H groups in total. The fraction of sp³-hybridized carbons (Fsp3) is 0.478. The van der Waals surface area contributed by atoms with Crippen molar-refractivity contribution in [1.29, 1.82) is 0 Å². The number of hydrogen-bond donors (Lipinski definition) is 0. The first kappa shape index (κ1) is 25.8. The Kier molecular flexibility index (Phi) is 7.85. The summed E-state index contributed by atoms with van der Waals surface area (Å²) in [6.45, 7) is 6.57. The van der Waals surface area contributed by atoms with E-state index in [2.05, 4.69) is 4.98 Å². The third-order valence-corrected chi connectivity index (χ3v) is 5.13. The van der Waals surface area contributed by atoms with E-state index in [0.29, 0.717) is 5.69 Å². The number of aromatic nitrogens is 2. The molecule has 0 unspecified atom stereocenters. The van der Waals surface area contributed by atoms with Gasteiger partial charge in [-0.2, -0.15) is 0 Å². The van der Waals surface area contributed by atoms with E-state index >= 15 is 0 Å². The first-order valence-corrected chi connectivity index (χ1v) is 10.9. The van der Waals surface area contributed by atoms with E-state index < -0.39 is 53.8 Å². The number of hydrogen-bond acceptors (Lipinski definition) is 11. The van der Waals surface area contributed by atoms with Crippen molar-refractivity contribution >= 4 is 34.9 Å². The van der Waals surface area contributed by atoms with Gasteiger partial charge in [0.05, 0.1) is 12.0 Å². The number of ether oxygens (including phenoxy) is 5. The average Bonchev–Trinajstić information content (AvgIpc) is 3.08. The molecular formula is C23H26N2O10. The zero-order chi connectivity index (χ0) is 25.9. The summed E-state index contributed by atoms with van der Waals surface area (Å²) in [7, 11) is 0. The van der Waals surface area contributed by atoms with Crippen LogP contribution in [-0.4, -0.2) is 65.0 Å². The Morgan fingerprint density at radius 1 is 1.00 bits per heavy atom. The van der Waals surface area contributed by atoms with Gasteiger partial charge >= 0.3 is 23.9 Å². The normalized spacial score (nSPS) is 21.4. The van der Waals surface area contributed by atoms with Crippen molar-refractivity contribution in [3.63, 3.8) is 0 Å². The Hall–Kier alpha value is -3.80. The van der Waals surface area contributed by atoms with Crippen molar-refractivity contribution in [3.05, 3.63) is 39.8 Å². The molecule has 3 heterocycles. The van der Waals surface area contributed by atoms with Crippen LogP contribution >= 0.6 is 0 Å². The molecule has 188 valence electrons. The number of aryl methyl sites for hydroxylation is 1. The Morgan fingerprint density at radius 3 is 2.26 bits per heavy atom. The molecule has 2 aromatic rings. The second kappa shape index (κ2) is 10.6. The Labute approximate surface area is 200 Å². The van der Waals surface area contributed by atoms with Gasteiger partial charge in [-0.05, 0) is 26.0 Å². The lowest BCUT2D eigenvalue weighted by molar-refractivity contribution is -0.166. The van der Waals surface area contributed by atoms with Gasteiger partial charge in [-0.15, -0.1) is 0 Å². The van der Waals surface area contributed by atoms with Crippen LogP contribution in [0.5, 0.6) is 0 Å². The summed E-state index contributed by atoms with van der Waals surface area (Å²) in [4.78, 5) is 65.2. The first-order chi connectivity index (χ1) is 16.5. The molecule has 0 aliphatic carbocycles. The van der Waals surface area contributed by atoms with E-state index in [0.717, 1.165) is 6.92 Å². The molecule has 0 radical (unpaired) electrons. The van der Waals surface area contributed by atoms with Crippen molar-refractivity contribution < 1.29 is 42.9 Å². The van der Waals surface area contributed by atoms with Crippen molar-refractivity contribution in [2.75, 3.05) is 13.2 Å². The van der Waals surface area contributed by atoms with Crippen LogP contribution < -0.4 is 5.43 Å². The second-order valence-corrected chi connectivity index (χ2v) is 7.84. The van der Waals surface area contributed by atoms with E-state index in [1.807, 2.05) is 0 Å². The van der Waals surface area contributed by atoms with E-state index in [4.69, 9.17) is 23.7 Å². The van der Waals surface area contributed by atoms with Crippen LogP contribution in [0.3, 0.4) is 0 Å². The minimum absolute atomic E-state index is 0.0391. The first-order valence-electron chi connectivity index (χ1n) is 10.9. The Morgan fingerprint density at radius 2 is 1.66 bits per heavy atom. The van der Waals surface area contributed by atoms with Crippen LogP contribution in [0, 0.1) is 6.92 Å². The number of esters is 4. The lowest BCUT2D eigenvalue weighted by Crippen LogP contribution is -2.40. The average molecular weight is 490 g/mol. The number of fused-ring (bicyclic) bond motifs is 1. The summed E-state index contributed by atoms with van der Waals surface area (Å²) in [6.07, 6.45) is -3.40. The fourth-order valence-corrected chi connectivity index (χ4v) is 3.79. The van der Waals surface area contributed by atoms with Crippen molar-refractivity contribution in [2.45, 2.75) is 59.2 Å². The fourth-order valence-electron chi connectivity index (χ4n) is 3.79. The molecule has 3 rings (SSSR count). The quantitative estimate of drug-likeness (QED) is 0.407. The molecule has 12 nitrogen and oxygen atoms in total. The summed E-state index contributed by atoms with van der Waals surface area (Å²) in [5.74, 6) is -2.84. The summed E-state index contributed by atoms with van der Waals surface area (Å²) >= 11 is 0. The maximum absolute atomic E-state index is 13.0. The summed E-state index contributed by atoms with van der Waals surface area (Å²) < 4.78 is 28.3. The largest absolute Gasteiger partial charge is 0.463 e. The van der Waals surface area contributed by atoms with E-state index in [1.165, 1.54) is 30.7 Å². The number of carbonyl (C=O) groups excluding carboxylic acids is 4. The zero-order valence-corrected chi connectivity index (χ0v) is 19.9. The molecule has 0 aromatic carbocycles. The summed E-state index contributed by atoms with van der Waals surface area (Å²) in [5, 5.41) is 0.0961. The van der Waals surface area contributed by atoms with Crippen LogP contribution in [0.25, 0.3) is 11.0 Å².